The van der Waals surface area contributed by atoms with Crippen LogP contribution < -0.4 is 16.4 Å². The molecule has 0 saturated carbocycles. The van der Waals surface area contributed by atoms with Crippen LogP contribution in [0, 0.1) is 5.41 Å². The Kier molecular flexibility index (Phi) is 10.2. The number of carbonyl (C=O) groups is 4. The van der Waals surface area contributed by atoms with Crippen molar-refractivity contribution in [2.45, 2.75) is 37.8 Å². The third kappa shape index (κ3) is 9.12. The number of carboxylic acid groups (broad SMARTS) is 2. The smallest absolute Gasteiger partial charge is 0.326 e. The Morgan fingerprint density at radius 1 is 0.943 bits per heavy atom. The lowest BCUT2D eigenvalue weighted by Gasteiger charge is -2.20. The number of nitrogens with one attached hydrogen (secondary N) is 3. The summed E-state index contributed by atoms with van der Waals surface area (Å²) >= 11 is 0. The van der Waals surface area contributed by atoms with E-state index in [-0.39, 0.29) is 24.5 Å². The van der Waals surface area contributed by atoms with Crippen LogP contribution in [0.25, 0.3) is 0 Å². The lowest BCUT2D eigenvalue weighted by Crippen LogP contribution is -2.50. The molecular weight excluding hydrogens is 452 g/mol. The number of aliphatic carboxylic acids is 2. The summed E-state index contributed by atoms with van der Waals surface area (Å²) in [6.07, 6.45) is 2.95. The minimum Gasteiger partial charge on any atom is -0.481 e. The molecule has 2 rings (SSSR count). The van der Waals surface area contributed by atoms with Crippen LogP contribution >= 0.6 is 0 Å². The molecule has 184 valence electrons. The monoisotopic (exact) mass is 480 g/mol. The largest absolute Gasteiger partial charge is 0.481 e. The zero-order chi connectivity index (χ0) is 25.8. The SMILES string of the molecule is N=C(N)c1ccc(C(=O)CCC=CN[C@@H](CC(=O)O)C(=O)N[C@@H](Cc2ccccc2)C(=O)O)cc1. The van der Waals surface area contributed by atoms with Crippen LogP contribution in [0.3, 0.4) is 0 Å². The first-order valence-electron chi connectivity index (χ1n) is 10.8. The molecule has 2 aromatic rings. The number of hydrogen-bond donors (Lipinski definition) is 6. The Labute approximate surface area is 202 Å². The van der Waals surface area contributed by atoms with E-state index in [9.17, 15) is 24.3 Å². The van der Waals surface area contributed by atoms with Crippen molar-refractivity contribution in [2.24, 2.45) is 5.73 Å². The number of hydrogen-bond acceptors (Lipinski definition) is 6. The van der Waals surface area contributed by atoms with Crippen LogP contribution in [0.4, 0.5) is 0 Å². The first-order valence-corrected chi connectivity index (χ1v) is 10.8. The summed E-state index contributed by atoms with van der Waals surface area (Å²) in [6.45, 7) is 0. The van der Waals surface area contributed by atoms with Gasteiger partial charge >= 0.3 is 11.9 Å². The first kappa shape index (κ1) is 26.8. The van der Waals surface area contributed by atoms with Gasteiger partial charge < -0.3 is 26.6 Å². The van der Waals surface area contributed by atoms with E-state index in [1.807, 2.05) is 0 Å². The summed E-state index contributed by atoms with van der Waals surface area (Å²) in [7, 11) is 0. The van der Waals surface area contributed by atoms with Gasteiger partial charge in [0.2, 0.25) is 5.91 Å². The van der Waals surface area contributed by atoms with Crippen LogP contribution in [-0.4, -0.2) is 51.8 Å². The number of amides is 1. The van der Waals surface area contributed by atoms with Crippen molar-refractivity contribution in [1.29, 1.82) is 5.41 Å². The fraction of sp³-hybridized carbons (Fsp3) is 0.240. The van der Waals surface area contributed by atoms with Gasteiger partial charge in [0.1, 0.15) is 17.9 Å². The van der Waals surface area contributed by atoms with Crippen molar-refractivity contribution in [2.75, 3.05) is 0 Å². The summed E-state index contributed by atoms with van der Waals surface area (Å²) in [5.74, 6) is -3.45. The summed E-state index contributed by atoms with van der Waals surface area (Å²) in [6, 6.07) is 12.7. The van der Waals surface area contributed by atoms with Gasteiger partial charge in [-0.25, -0.2) is 4.79 Å². The first-order chi connectivity index (χ1) is 16.7. The van der Waals surface area contributed by atoms with Crippen molar-refractivity contribution in [3.8, 4) is 0 Å². The summed E-state index contributed by atoms with van der Waals surface area (Å²) < 4.78 is 0. The average molecular weight is 481 g/mol. The molecule has 2 aromatic carbocycles. The zero-order valence-electron chi connectivity index (χ0n) is 18.9. The van der Waals surface area contributed by atoms with Gasteiger partial charge in [0.15, 0.2) is 5.78 Å². The molecule has 0 aliphatic heterocycles. The maximum Gasteiger partial charge on any atom is 0.326 e. The molecule has 0 aliphatic carbocycles. The van der Waals surface area contributed by atoms with E-state index in [1.165, 1.54) is 6.20 Å². The number of carboxylic acids is 2. The Balaban J connectivity index is 1.91. The summed E-state index contributed by atoms with van der Waals surface area (Å²) in [5.41, 5.74) is 7.09. The Hall–Kier alpha value is -4.47. The van der Waals surface area contributed by atoms with Gasteiger partial charge in [-0.15, -0.1) is 0 Å². The fourth-order valence-electron chi connectivity index (χ4n) is 3.19. The highest BCUT2D eigenvalue weighted by molar-refractivity contribution is 5.99. The van der Waals surface area contributed by atoms with Crippen LogP contribution in [0.1, 0.15) is 40.7 Å². The van der Waals surface area contributed by atoms with Crippen LogP contribution in [0.5, 0.6) is 0 Å². The second kappa shape index (κ2) is 13.3. The number of nitrogen functional groups attached to an aromatic ring is 1. The number of amidine groups is 1. The Bertz CT molecular complexity index is 1080. The molecule has 0 fully saturated rings. The molecule has 0 aromatic heterocycles. The third-order valence-electron chi connectivity index (χ3n) is 5.06. The van der Waals surface area contributed by atoms with E-state index >= 15 is 0 Å². The van der Waals surface area contributed by atoms with Gasteiger partial charge in [0.25, 0.3) is 0 Å². The molecule has 0 bridgehead atoms. The molecule has 0 spiro atoms. The van der Waals surface area contributed by atoms with E-state index < -0.39 is 36.4 Å². The van der Waals surface area contributed by atoms with Crippen molar-refractivity contribution >= 4 is 29.5 Å². The van der Waals surface area contributed by atoms with Crippen LogP contribution in [0.15, 0.2) is 66.9 Å². The van der Waals surface area contributed by atoms with E-state index in [4.69, 9.17) is 16.2 Å². The number of nitrogens with two attached hydrogens (primary N) is 1. The highest BCUT2D eigenvalue weighted by Gasteiger charge is 2.26. The van der Waals surface area contributed by atoms with E-state index in [0.29, 0.717) is 23.1 Å². The van der Waals surface area contributed by atoms with Crippen molar-refractivity contribution in [1.82, 2.24) is 10.6 Å². The summed E-state index contributed by atoms with van der Waals surface area (Å²) in [4.78, 5) is 47.7. The normalized spacial score (nSPS) is 12.5. The van der Waals surface area contributed by atoms with Crippen molar-refractivity contribution in [3.63, 3.8) is 0 Å². The van der Waals surface area contributed by atoms with E-state index in [1.54, 1.807) is 60.7 Å². The number of allylic oxidation sites excluding steroid dienone is 1. The van der Waals surface area contributed by atoms with Crippen molar-refractivity contribution < 1.29 is 29.4 Å². The molecule has 2 atom stereocenters. The number of ketones is 1. The fourth-order valence-corrected chi connectivity index (χ4v) is 3.19. The standard InChI is InChI=1S/C25H28N4O6/c26-23(27)18-11-9-17(10-12-18)21(30)8-4-5-13-28-19(15-22(31)32)24(33)29-20(25(34)35)14-16-6-2-1-3-7-16/h1-3,5-7,9-13,19-20,28H,4,8,14-15H2,(H3,26,27)(H,29,33)(H,31,32)(H,34,35)/t19-,20-/m0/s1. The molecule has 1 amide bonds. The van der Waals surface area contributed by atoms with E-state index in [2.05, 4.69) is 10.6 Å². The topological polar surface area (TPSA) is 183 Å². The zero-order valence-corrected chi connectivity index (χ0v) is 18.9. The van der Waals surface area contributed by atoms with Crippen LogP contribution in [0.2, 0.25) is 0 Å². The highest BCUT2D eigenvalue weighted by atomic mass is 16.4. The predicted molar refractivity (Wildman–Crippen MR) is 129 cm³/mol. The Morgan fingerprint density at radius 3 is 2.14 bits per heavy atom. The molecule has 7 N–H and O–H groups in total. The highest BCUT2D eigenvalue weighted by Crippen LogP contribution is 2.09. The van der Waals surface area contributed by atoms with Crippen LogP contribution in [-0.2, 0) is 20.8 Å². The van der Waals surface area contributed by atoms with Gasteiger partial charge in [-0.3, -0.25) is 19.8 Å². The van der Waals surface area contributed by atoms with Gasteiger partial charge in [0, 0.05) is 24.0 Å². The molecule has 0 radical (unpaired) electrons. The molecule has 35 heavy (non-hydrogen) atoms. The third-order valence-corrected chi connectivity index (χ3v) is 5.06. The molecule has 0 aliphatic rings. The van der Waals surface area contributed by atoms with E-state index in [0.717, 1.165) is 0 Å². The Morgan fingerprint density at radius 2 is 1.57 bits per heavy atom. The molecule has 0 unspecified atom stereocenters. The maximum absolute atomic E-state index is 12.6. The number of carbonyl (C=O) groups excluding carboxylic acids is 2. The number of Topliss-reactive ketones (excluding diaryl/α,β-unsaturated/α-hetero) is 1. The second-order valence-corrected chi connectivity index (χ2v) is 7.76. The molecule has 0 saturated heterocycles. The summed E-state index contributed by atoms with van der Waals surface area (Å²) in [5, 5.41) is 31.0. The second-order valence-electron chi connectivity index (χ2n) is 7.76. The average Bonchev–Trinajstić information content (AvgIpc) is 2.82. The molecular formula is C25H28N4O6. The predicted octanol–water partition coefficient (Wildman–Crippen LogP) is 1.69. The molecule has 10 heteroatoms. The van der Waals surface area contributed by atoms with Gasteiger partial charge in [0.05, 0.1) is 6.42 Å². The number of rotatable bonds is 14. The number of benzene rings is 2. The lowest BCUT2D eigenvalue weighted by atomic mass is 10.0. The van der Waals surface area contributed by atoms with Crippen molar-refractivity contribution in [3.05, 3.63) is 83.6 Å². The molecule has 10 nitrogen and oxygen atoms in total. The van der Waals surface area contributed by atoms with Gasteiger partial charge in [-0.05, 0) is 18.2 Å². The maximum atomic E-state index is 12.6. The minimum atomic E-state index is -1.23. The quantitative estimate of drug-likeness (QED) is 0.134. The van der Waals surface area contributed by atoms with Gasteiger partial charge in [-0.2, -0.15) is 0 Å². The van der Waals surface area contributed by atoms with Gasteiger partial charge in [-0.1, -0.05) is 60.7 Å². The minimum absolute atomic E-state index is 0.0487. The molecule has 0 heterocycles. The lowest BCUT2D eigenvalue weighted by molar-refractivity contribution is -0.142.